The molecule has 8 heteroatoms. The van der Waals surface area contributed by atoms with Gasteiger partial charge < -0.3 is 9.72 Å². The second-order valence-electron chi connectivity index (χ2n) is 4.80. The van der Waals surface area contributed by atoms with Crippen LogP contribution in [0.25, 0.3) is 0 Å². The molecule has 2 rings (SSSR count). The van der Waals surface area contributed by atoms with Crippen LogP contribution in [-0.2, 0) is 4.74 Å². The van der Waals surface area contributed by atoms with Crippen LogP contribution in [0.2, 0.25) is 0 Å². The predicted molar refractivity (Wildman–Crippen MR) is 65.4 cm³/mol. The number of ether oxygens (including phenoxy) is 1. The van der Waals surface area contributed by atoms with E-state index < -0.39 is 18.7 Å². The van der Waals surface area contributed by atoms with E-state index in [1.54, 1.807) is 11.8 Å². The Kier molecular flexibility index (Phi) is 4.44. The minimum Gasteiger partial charge on any atom is -0.368 e. The van der Waals surface area contributed by atoms with Crippen LogP contribution >= 0.6 is 0 Å². The molecule has 1 aromatic rings. The van der Waals surface area contributed by atoms with Crippen LogP contribution in [0.4, 0.5) is 13.2 Å². The van der Waals surface area contributed by atoms with Gasteiger partial charge in [0, 0.05) is 31.4 Å². The number of morpholine rings is 1. The summed E-state index contributed by atoms with van der Waals surface area (Å²) in [5.74, 6) is 0.367. The van der Waals surface area contributed by atoms with Crippen molar-refractivity contribution in [2.75, 3.05) is 26.2 Å². The van der Waals surface area contributed by atoms with E-state index in [9.17, 15) is 18.0 Å². The maximum absolute atomic E-state index is 12.2. The Labute approximate surface area is 113 Å². The summed E-state index contributed by atoms with van der Waals surface area (Å²) < 4.78 is 42.1. The third-order valence-electron chi connectivity index (χ3n) is 3.06. The van der Waals surface area contributed by atoms with Crippen molar-refractivity contribution in [3.05, 3.63) is 27.9 Å². The lowest BCUT2D eigenvalue weighted by Crippen LogP contribution is -2.41. The molecular weight excluding hydrogens is 275 g/mol. The number of aryl methyl sites for hydroxylation is 1. The van der Waals surface area contributed by atoms with E-state index in [1.807, 2.05) is 0 Å². The lowest BCUT2D eigenvalue weighted by molar-refractivity contribution is -0.142. The molecule has 1 atom stereocenters. The van der Waals surface area contributed by atoms with Crippen LogP contribution in [0.15, 0.2) is 10.9 Å². The van der Waals surface area contributed by atoms with Gasteiger partial charge in [-0.2, -0.15) is 13.2 Å². The topological polar surface area (TPSA) is 58.2 Å². The van der Waals surface area contributed by atoms with E-state index in [4.69, 9.17) is 4.74 Å². The standard InChI is InChI=1S/C12H16F3N3O2/c1-8-6-10(19)17-11(16-8)9-7-18(4-5-20-9)3-2-12(13,14)15/h6,9H,2-5,7H2,1H3,(H,16,17,19)/t9-/m0/s1. The molecule has 0 saturated carbocycles. The fourth-order valence-electron chi connectivity index (χ4n) is 2.11. The molecule has 0 unspecified atom stereocenters. The number of nitrogens with one attached hydrogen (secondary N) is 1. The highest BCUT2D eigenvalue weighted by Crippen LogP contribution is 2.23. The minimum atomic E-state index is -4.16. The highest BCUT2D eigenvalue weighted by Gasteiger charge is 2.30. The summed E-state index contributed by atoms with van der Waals surface area (Å²) in [7, 11) is 0. The fraction of sp³-hybridized carbons (Fsp3) is 0.667. The molecule has 1 saturated heterocycles. The van der Waals surface area contributed by atoms with Gasteiger partial charge in [0.25, 0.3) is 5.56 Å². The van der Waals surface area contributed by atoms with Crippen LogP contribution in [0.1, 0.15) is 24.0 Å². The summed E-state index contributed by atoms with van der Waals surface area (Å²) in [6.07, 6.45) is -5.51. The second kappa shape index (κ2) is 5.92. The maximum Gasteiger partial charge on any atom is 0.390 e. The first kappa shape index (κ1) is 15.0. The molecule has 5 nitrogen and oxygen atoms in total. The molecule has 1 fully saturated rings. The first-order valence-electron chi connectivity index (χ1n) is 6.32. The quantitative estimate of drug-likeness (QED) is 0.914. The van der Waals surface area contributed by atoms with Gasteiger partial charge in [-0.3, -0.25) is 9.69 Å². The summed E-state index contributed by atoms with van der Waals surface area (Å²) in [6.45, 7) is 2.67. The van der Waals surface area contributed by atoms with Crippen molar-refractivity contribution >= 4 is 0 Å². The summed E-state index contributed by atoms with van der Waals surface area (Å²) in [5.41, 5.74) is 0.267. The molecule has 0 radical (unpaired) electrons. The highest BCUT2D eigenvalue weighted by atomic mass is 19.4. The van der Waals surface area contributed by atoms with E-state index in [1.165, 1.54) is 6.07 Å². The Hall–Kier alpha value is -1.41. The number of aromatic nitrogens is 2. The molecule has 1 aliphatic rings. The predicted octanol–water partition coefficient (Wildman–Crippen LogP) is 1.40. The van der Waals surface area contributed by atoms with Gasteiger partial charge in [0.1, 0.15) is 11.9 Å². The maximum atomic E-state index is 12.2. The zero-order valence-corrected chi connectivity index (χ0v) is 11.0. The first-order valence-corrected chi connectivity index (χ1v) is 6.32. The first-order chi connectivity index (χ1) is 9.33. The zero-order valence-electron chi connectivity index (χ0n) is 11.0. The number of hydrogen-bond donors (Lipinski definition) is 1. The van der Waals surface area contributed by atoms with Gasteiger partial charge in [-0.1, -0.05) is 0 Å². The molecule has 1 aliphatic heterocycles. The third-order valence-corrected chi connectivity index (χ3v) is 3.06. The van der Waals surface area contributed by atoms with Crippen molar-refractivity contribution in [1.82, 2.24) is 14.9 Å². The minimum absolute atomic E-state index is 0.0700. The number of nitrogens with zero attached hydrogens (tertiary/aromatic N) is 2. The van der Waals surface area contributed by atoms with Gasteiger partial charge in [0.2, 0.25) is 0 Å². The van der Waals surface area contributed by atoms with Crippen molar-refractivity contribution in [1.29, 1.82) is 0 Å². The van der Waals surface area contributed by atoms with Gasteiger partial charge in [-0.15, -0.1) is 0 Å². The van der Waals surface area contributed by atoms with Crippen molar-refractivity contribution in [2.45, 2.75) is 25.6 Å². The van der Waals surface area contributed by atoms with Crippen LogP contribution in [-0.4, -0.2) is 47.3 Å². The van der Waals surface area contributed by atoms with Crippen LogP contribution in [0.5, 0.6) is 0 Å². The Morgan fingerprint density at radius 3 is 2.95 bits per heavy atom. The van der Waals surface area contributed by atoms with Crippen LogP contribution in [0.3, 0.4) is 0 Å². The average molecular weight is 291 g/mol. The zero-order chi connectivity index (χ0) is 14.8. The summed E-state index contributed by atoms with van der Waals surface area (Å²) >= 11 is 0. The summed E-state index contributed by atoms with van der Waals surface area (Å²) in [4.78, 5) is 19.8. The van der Waals surface area contributed by atoms with Crippen molar-refractivity contribution in [3.63, 3.8) is 0 Å². The van der Waals surface area contributed by atoms with Crippen molar-refractivity contribution < 1.29 is 17.9 Å². The number of alkyl halides is 3. The second-order valence-corrected chi connectivity index (χ2v) is 4.80. The number of H-pyrrole nitrogens is 1. The Balaban J connectivity index is 2.01. The average Bonchev–Trinajstić information content (AvgIpc) is 2.35. The Morgan fingerprint density at radius 1 is 1.55 bits per heavy atom. The SMILES string of the molecule is Cc1cc(=O)[nH]c([C@@H]2CN(CCC(F)(F)F)CCO2)n1. The van der Waals surface area contributed by atoms with E-state index in [0.717, 1.165) is 0 Å². The monoisotopic (exact) mass is 291 g/mol. The Bertz CT molecular complexity index is 515. The van der Waals surface area contributed by atoms with Gasteiger partial charge in [0.05, 0.1) is 13.0 Å². The lowest BCUT2D eigenvalue weighted by Gasteiger charge is -2.32. The molecule has 1 aromatic heterocycles. The summed E-state index contributed by atoms with van der Waals surface area (Å²) in [5, 5.41) is 0. The van der Waals surface area contributed by atoms with E-state index in [0.29, 0.717) is 31.2 Å². The molecule has 1 N–H and O–H groups in total. The van der Waals surface area contributed by atoms with Gasteiger partial charge >= 0.3 is 6.18 Å². The van der Waals surface area contributed by atoms with Crippen molar-refractivity contribution in [3.8, 4) is 0 Å². The largest absolute Gasteiger partial charge is 0.390 e. The molecule has 0 spiro atoms. The van der Waals surface area contributed by atoms with Crippen LogP contribution < -0.4 is 5.56 Å². The van der Waals surface area contributed by atoms with E-state index in [2.05, 4.69) is 9.97 Å². The number of hydrogen-bond acceptors (Lipinski definition) is 4. The molecule has 0 amide bonds. The van der Waals surface area contributed by atoms with E-state index in [-0.39, 0.29) is 12.1 Å². The van der Waals surface area contributed by atoms with Gasteiger partial charge in [-0.05, 0) is 6.92 Å². The number of aromatic amines is 1. The number of halogens is 3. The third kappa shape index (κ3) is 4.31. The Morgan fingerprint density at radius 2 is 2.30 bits per heavy atom. The normalized spacial score (nSPS) is 21.1. The smallest absolute Gasteiger partial charge is 0.368 e. The van der Waals surface area contributed by atoms with Crippen molar-refractivity contribution in [2.24, 2.45) is 0 Å². The molecule has 2 heterocycles. The molecular formula is C12H16F3N3O2. The summed E-state index contributed by atoms with van der Waals surface area (Å²) in [6, 6.07) is 1.35. The molecule has 0 aliphatic carbocycles. The van der Waals surface area contributed by atoms with Gasteiger partial charge in [-0.25, -0.2) is 4.98 Å². The van der Waals surface area contributed by atoms with Gasteiger partial charge in [0.15, 0.2) is 0 Å². The molecule has 112 valence electrons. The molecule has 0 bridgehead atoms. The fourth-order valence-corrected chi connectivity index (χ4v) is 2.11. The molecule has 20 heavy (non-hydrogen) atoms. The highest BCUT2D eigenvalue weighted by molar-refractivity contribution is 5.03. The van der Waals surface area contributed by atoms with Crippen LogP contribution in [0, 0.1) is 6.92 Å². The lowest BCUT2D eigenvalue weighted by atomic mass is 10.2. The number of rotatable bonds is 3. The van der Waals surface area contributed by atoms with E-state index >= 15 is 0 Å². The molecule has 0 aromatic carbocycles.